The first-order valence-corrected chi connectivity index (χ1v) is 7.97. The first-order valence-electron chi connectivity index (χ1n) is 7.97. The molecule has 21 heavy (non-hydrogen) atoms. The van der Waals surface area contributed by atoms with Crippen LogP contribution in [0.15, 0.2) is 30.5 Å². The highest BCUT2D eigenvalue weighted by molar-refractivity contribution is 5.81. The van der Waals surface area contributed by atoms with E-state index in [0.29, 0.717) is 6.10 Å². The third-order valence-corrected chi connectivity index (χ3v) is 4.17. The summed E-state index contributed by atoms with van der Waals surface area (Å²) in [4.78, 5) is 0. The predicted octanol–water partition coefficient (Wildman–Crippen LogP) is 4.39. The van der Waals surface area contributed by atoms with Gasteiger partial charge < -0.3 is 14.0 Å². The summed E-state index contributed by atoms with van der Waals surface area (Å²) in [5, 5.41) is 1.24. The fourth-order valence-electron chi connectivity index (χ4n) is 3.07. The Morgan fingerprint density at radius 3 is 2.90 bits per heavy atom. The monoisotopic (exact) mass is 287 g/mol. The molecule has 0 aliphatic carbocycles. The molecular formula is C18H25NO2. The van der Waals surface area contributed by atoms with Crippen molar-refractivity contribution >= 4 is 10.9 Å². The lowest BCUT2D eigenvalue weighted by atomic mass is 10.1. The molecule has 3 nitrogen and oxygen atoms in total. The summed E-state index contributed by atoms with van der Waals surface area (Å²) in [6.45, 7) is 8.19. The number of ether oxygens (including phenoxy) is 2. The second-order valence-corrected chi connectivity index (χ2v) is 6.58. The zero-order chi connectivity index (χ0) is 14.9. The van der Waals surface area contributed by atoms with E-state index in [0.717, 1.165) is 38.2 Å². The fourth-order valence-corrected chi connectivity index (χ4v) is 3.07. The van der Waals surface area contributed by atoms with Gasteiger partial charge in [0, 0.05) is 23.6 Å². The van der Waals surface area contributed by atoms with Crippen LogP contribution in [-0.4, -0.2) is 22.9 Å². The van der Waals surface area contributed by atoms with E-state index >= 15 is 0 Å². The van der Waals surface area contributed by atoms with Crippen molar-refractivity contribution in [2.75, 3.05) is 6.61 Å². The van der Waals surface area contributed by atoms with Gasteiger partial charge in [0.15, 0.2) is 0 Å². The topological polar surface area (TPSA) is 23.4 Å². The molecule has 0 saturated carbocycles. The lowest BCUT2D eigenvalue weighted by molar-refractivity contribution is -0.0212. The third-order valence-electron chi connectivity index (χ3n) is 4.17. The minimum absolute atomic E-state index is 0.0365. The van der Waals surface area contributed by atoms with E-state index < -0.39 is 0 Å². The quantitative estimate of drug-likeness (QED) is 0.814. The van der Waals surface area contributed by atoms with Gasteiger partial charge in [-0.3, -0.25) is 0 Å². The number of hydrogen-bond acceptors (Lipinski definition) is 2. The van der Waals surface area contributed by atoms with Crippen molar-refractivity contribution in [1.82, 2.24) is 4.57 Å². The van der Waals surface area contributed by atoms with Crippen LogP contribution >= 0.6 is 0 Å². The molecule has 0 radical (unpaired) electrons. The molecule has 3 rings (SSSR count). The molecule has 0 N–H and O–H groups in total. The summed E-state index contributed by atoms with van der Waals surface area (Å²) >= 11 is 0. The van der Waals surface area contributed by atoms with E-state index in [1.54, 1.807) is 0 Å². The third kappa shape index (κ3) is 3.24. The van der Waals surface area contributed by atoms with Crippen LogP contribution in [0, 0.1) is 0 Å². The van der Waals surface area contributed by atoms with Gasteiger partial charge in [-0.25, -0.2) is 0 Å². The van der Waals surface area contributed by atoms with Crippen LogP contribution in [-0.2, 0) is 11.3 Å². The van der Waals surface area contributed by atoms with Crippen LogP contribution < -0.4 is 4.74 Å². The summed E-state index contributed by atoms with van der Waals surface area (Å²) < 4.78 is 14.1. The summed E-state index contributed by atoms with van der Waals surface area (Å²) in [7, 11) is 0. The highest BCUT2D eigenvalue weighted by Crippen LogP contribution is 2.31. The Kier molecular flexibility index (Phi) is 3.94. The van der Waals surface area contributed by atoms with Crippen molar-refractivity contribution in [3.05, 3.63) is 30.5 Å². The number of rotatable bonds is 5. The fraction of sp³-hybridized carbons (Fsp3) is 0.556. The summed E-state index contributed by atoms with van der Waals surface area (Å²) in [5.41, 5.74) is 1.29. The highest BCUT2D eigenvalue weighted by Gasteiger charge is 2.31. The first-order chi connectivity index (χ1) is 10.1. The van der Waals surface area contributed by atoms with Gasteiger partial charge in [-0.05, 0) is 57.4 Å². The molecule has 1 unspecified atom stereocenters. The van der Waals surface area contributed by atoms with Gasteiger partial charge in [0.2, 0.25) is 0 Å². The molecule has 2 aromatic rings. The van der Waals surface area contributed by atoms with E-state index in [1.165, 1.54) is 10.9 Å². The van der Waals surface area contributed by atoms with Gasteiger partial charge in [-0.1, -0.05) is 6.92 Å². The smallest absolute Gasteiger partial charge is 0.120 e. The standard InChI is InChI=1S/C18H25NO2/c1-4-11-20-15-5-6-17-14(12-15)8-10-19(17)13-16-7-9-18(2,3)21-16/h5-6,8,10,12,16H,4,7,9,11,13H2,1-3H3. The Balaban J connectivity index is 1.75. The molecule has 2 heterocycles. The second-order valence-electron chi connectivity index (χ2n) is 6.58. The van der Waals surface area contributed by atoms with Gasteiger partial charge in [0.05, 0.1) is 18.3 Å². The summed E-state index contributed by atoms with van der Waals surface area (Å²) in [6.07, 6.45) is 5.80. The molecule has 1 fully saturated rings. The number of benzene rings is 1. The Morgan fingerprint density at radius 1 is 1.33 bits per heavy atom. The van der Waals surface area contributed by atoms with Gasteiger partial charge in [0.25, 0.3) is 0 Å². The predicted molar refractivity (Wildman–Crippen MR) is 85.9 cm³/mol. The van der Waals surface area contributed by atoms with Gasteiger partial charge in [-0.2, -0.15) is 0 Å². The molecule has 3 heteroatoms. The minimum atomic E-state index is 0.0365. The molecule has 1 saturated heterocycles. The SMILES string of the molecule is CCCOc1ccc2c(ccn2CC2CCC(C)(C)O2)c1. The molecule has 1 aromatic heterocycles. The second kappa shape index (κ2) is 5.72. The molecule has 0 amide bonds. The van der Waals surface area contributed by atoms with E-state index in [4.69, 9.17) is 9.47 Å². The molecule has 0 spiro atoms. The Labute approximate surface area is 126 Å². The summed E-state index contributed by atoms with van der Waals surface area (Å²) in [6, 6.07) is 8.50. The normalized spacial score (nSPS) is 21.0. The minimum Gasteiger partial charge on any atom is -0.494 e. The van der Waals surface area contributed by atoms with Gasteiger partial charge >= 0.3 is 0 Å². The average molecular weight is 287 g/mol. The molecule has 114 valence electrons. The average Bonchev–Trinajstić information content (AvgIpc) is 3.00. The summed E-state index contributed by atoms with van der Waals surface area (Å²) in [5.74, 6) is 0.959. The van der Waals surface area contributed by atoms with Crippen molar-refractivity contribution in [2.24, 2.45) is 0 Å². The van der Waals surface area contributed by atoms with E-state index in [1.807, 2.05) is 0 Å². The van der Waals surface area contributed by atoms with Gasteiger partial charge in [0.1, 0.15) is 5.75 Å². The maximum Gasteiger partial charge on any atom is 0.120 e. The van der Waals surface area contributed by atoms with Gasteiger partial charge in [-0.15, -0.1) is 0 Å². The highest BCUT2D eigenvalue weighted by atomic mass is 16.5. The number of nitrogens with zero attached hydrogens (tertiary/aromatic N) is 1. The number of fused-ring (bicyclic) bond motifs is 1. The van der Waals surface area contributed by atoms with Crippen LogP contribution in [0.3, 0.4) is 0 Å². The molecule has 1 atom stereocenters. The van der Waals surface area contributed by atoms with Crippen molar-refractivity contribution in [1.29, 1.82) is 0 Å². The Bertz CT molecular complexity index is 615. The van der Waals surface area contributed by atoms with E-state index in [9.17, 15) is 0 Å². The zero-order valence-electron chi connectivity index (χ0n) is 13.3. The molecule has 0 bridgehead atoms. The largest absolute Gasteiger partial charge is 0.494 e. The lowest BCUT2D eigenvalue weighted by Gasteiger charge is -2.20. The van der Waals surface area contributed by atoms with Crippen LogP contribution in [0.4, 0.5) is 0 Å². The van der Waals surface area contributed by atoms with Crippen molar-refractivity contribution in [2.45, 2.75) is 58.3 Å². The van der Waals surface area contributed by atoms with Crippen molar-refractivity contribution in [3.8, 4) is 5.75 Å². The Hall–Kier alpha value is -1.48. The number of hydrogen-bond donors (Lipinski definition) is 0. The Morgan fingerprint density at radius 2 is 2.19 bits per heavy atom. The zero-order valence-corrected chi connectivity index (χ0v) is 13.3. The maximum atomic E-state index is 6.10. The van der Waals surface area contributed by atoms with Crippen LogP contribution in [0.25, 0.3) is 10.9 Å². The van der Waals surface area contributed by atoms with Crippen LogP contribution in [0.1, 0.15) is 40.0 Å². The van der Waals surface area contributed by atoms with E-state index in [2.05, 4.69) is 55.8 Å². The molecular weight excluding hydrogens is 262 g/mol. The maximum absolute atomic E-state index is 6.10. The van der Waals surface area contributed by atoms with E-state index in [-0.39, 0.29) is 5.60 Å². The lowest BCUT2D eigenvalue weighted by Crippen LogP contribution is -2.22. The first kappa shape index (κ1) is 14.5. The van der Waals surface area contributed by atoms with Crippen molar-refractivity contribution in [3.63, 3.8) is 0 Å². The van der Waals surface area contributed by atoms with Crippen LogP contribution in [0.5, 0.6) is 5.75 Å². The number of aromatic nitrogens is 1. The van der Waals surface area contributed by atoms with Crippen molar-refractivity contribution < 1.29 is 9.47 Å². The van der Waals surface area contributed by atoms with Crippen LogP contribution in [0.2, 0.25) is 0 Å². The molecule has 1 aromatic carbocycles. The molecule has 1 aliphatic heterocycles. The molecule has 1 aliphatic rings.